The van der Waals surface area contributed by atoms with E-state index in [0.29, 0.717) is 12.4 Å². The van der Waals surface area contributed by atoms with Gasteiger partial charge in [-0.15, -0.1) is 0 Å². The zero-order valence-electron chi connectivity index (χ0n) is 11.0. The summed E-state index contributed by atoms with van der Waals surface area (Å²) in [6, 6.07) is 8.10. The Morgan fingerprint density at radius 2 is 2.00 bits per heavy atom. The Morgan fingerprint density at radius 1 is 1.25 bits per heavy atom. The summed E-state index contributed by atoms with van der Waals surface area (Å²) < 4.78 is 14.9. The summed E-state index contributed by atoms with van der Waals surface area (Å²) in [5.41, 5.74) is 3.33. The van der Waals surface area contributed by atoms with Gasteiger partial charge >= 0.3 is 0 Å². The summed E-state index contributed by atoms with van der Waals surface area (Å²) in [4.78, 5) is 8.94. The molecule has 0 saturated carbocycles. The molecule has 0 radical (unpaired) electrons. The molecule has 0 bridgehead atoms. The van der Waals surface area contributed by atoms with Crippen LogP contribution in [0.1, 0.15) is 5.56 Å². The smallest absolute Gasteiger partial charge is 0.160 e. The molecular formula is C15H14FN3O. The lowest BCUT2D eigenvalue weighted by atomic mass is 10.2. The van der Waals surface area contributed by atoms with Crippen molar-refractivity contribution in [2.45, 2.75) is 13.5 Å². The number of pyridine rings is 1. The number of aromatic nitrogens is 3. The molecule has 5 heteroatoms. The summed E-state index contributed by atoms with van der Waals surface area (Å²) in [6.45, 7) is 2.35. The van der Waals surface area contributed by atoms with Gasteiger partial charge in [0.05, 0.1) is 6.61 Å². The van der Waals surface area contributed by atoms with Gasteiger partial charge in [-0.2, -0.15) is 0 Å². The number of fused-ring (bicyclic) bond motifs is 1. The van der Waals surface area contributed by atoms with Crippen LogP contribution < -0.4 is 0 Å². The molecule has 0 aliphatic carbocycles. The lowest BCUT2D eigenvalue weighted by Gasteiger charge is -2.06. The molecule has 2 heterocycles. The Bertz CT molecular complexity index is 750. The molecule has 0 spiro atoms. The van der Waals surface area contributed by atoms with Crippen LogP contribution in [-0.4, -0.2) is 26.2 Å². The number of benzene rings is 1. The van der Waals surface area contributed by atoms with Crippen molar-refractivity contribution in [3.8, 4) is 11.4 Å². The van der Waals surface area contributed by atoms with E-state index >= 15 is 0 Å². The SMILES string of the molecule is Cc1cnc2c(c1)nc(-c1ccc(F)cc1)n2CCO. The minimum atomic E-state index is -0.285. The van der Waals surface area contributed by atoms with Crippen LogP contribution in [0.2, 0.25) is 0 Å². The number of aliphatic hydroxyl groups is 1. The summed E-state index contributed by atoms with van der Waals surface area (Å²) >= 11 is 0. The van der Waals surface area contributed by atoms with Gasteiger partial charge in [-0.25, -0.2) is 14.4 Å². The van der Waals surface area contributed by atoms with Gasteiger partial charge in [0.25, 0.3) is 0 Å². The number of hydrogen-bond donors (Lipinski definition) is 1. The first kappa shape index (κ1) is 12.7. The molecule has 0 saturated heterocycles. The first-order valence-electron chi connectivity index (χ1n) is 6.39. The quantitative estimate of drug-likeness (QED) is 0.796. The number of aliphatic hydroxyl groups excluding tert-OH is 1. The molecule has 2 aromatic heterocycles. The van der Waals surface area contributed by atoms with E-state index in [2.05, 4.69) is 9.97 Å². The van der Waals surface area contributed by atoms with Crippen molar-refractivity contribution in [2.24, 2.45) is 0 Å². The van der Waals surface area contributed by atoms with Gasteiger partial charge in [-0.1, -0.05) is 0 Å². The van der Waals surface area contributed by atoms with Gasteiger partial charge in [-0.3, -0.25) is 0 Å². The van der Waals surface area contributed by atoms with E-state index in [1.54, 1.807) is 18.3 Å². The van der Waals surface area contributed by atoms with Gasteiger partial charge in [-0.05, 0) is 42.8 Å². The molecule has 0 atom stereocenters. The molecule has 0 aliphatic heterocycles. The molecule has 1 aromatic carbocycles. The zero-order chi connectivity index (χ0) is 14.1. The van der Waals surface area contributed by atoms with Gasteiger partial charge in [0.2, 0.25) is 0 Å². The molecule has 20 heavy (non-hydrogen) atoms. The van der Waals surface area contributed by atoms with E-state index in [1.807, 2.05) is 17.6 Å². The average Bonchev–Trinajstić information content (AvgIpc) is 2.78. The Balaban J connectivity index is 2.22. The lowest BCUT2D eigenvalue weighted by molar-refractivity contribution is 0.278. The second-order valence-corrected chi connectivity index (χ2v) is 4.67. The zero-order valence-corrected chi connectivity index (χ0v) is 11.0. The van der Waals surface area contributed by atoms with E-state index in [-0.39, 0.29) is 12.4 Å². The van der Waals surface area contributed by atoms with Crippen LogP contribution in [0.25, 0.3) is 22.6 Å². The fraction of sp³-hybridized carbons (Fsp3) is 0.200. The largest absolute Gasteiger partial charge is 0.395 e. The highest BCUT2D eigenvalue weighted by molar-refractivity contribution is 5.77. The van der Waals surface area contributed by atoms with Crippen molar-refractivity contribution in [3.63, 3.8) is 0 Å². The Kier molecular flexibility index (Phi) is 3.20. The third-order valence-electron chi connectivity index (χ3n) is 3.15. The summed E-state index contributed by atoms with van der Waals surface area (Å²) in [5, 5.41) is 9.23. The molecule has 3 aromatic rings. The van der Waals surface area contributed by atoms with Crippen molar-refractivity contribution in [3.05, 3.63) is 47.9 Å². The topological polar surface area (TPSA) is 50.9 Å². The normalized spacial score (nSPS) is 11.2. The first-order valence-corrected chi connectivity index (χ1v) is 6.39. The van der Waals surface area contributed by atoms with Crippen LogP contribution in [-0.2, 0) is 6.54 Å². The molecule has 102 valence electrons. The molecule has 1 N–H and O–H groups in total. The fourth-order valence-electron chi connectivity index (χ4n) is 2.24. The van der Waals surface area contributed by atoms with Crippen LogP contribution in [0.15, 0.2) is 36.5 Å². The number of hydrogen-bond acceptors (Lipinski definition) is 3. The maximum absolute atomic E-state index is 13.0. The molecule has 4 nitrogen and oxygen atoms in total. The van der Waals surface area contributed by atoms with Gasteiger partial charge in [0.1, 0.15) is 17.2 Å². The number of nitrogens with zero attached hydrogens (tertiary/aromatic N) is 3. The Hall–Kier alpha value is -2.27. The minimum Gasteiger partial charge on any atom is -0.395 e. The highest BCUT2D eigenvalue weighted by atomic mass is 19.1. The van der Waals surface area contributed by atoms with E-state index in [0.717, 1.165) is 22.3 Å². The lowest BCUT2D eigenvalue weighted by Crippen LogP contribution is -2.05. The molecule has 3 rings (SSSR count). The number of aryl methyl sites for hydroxylation is 1. The predicted molar refractivity (Wildman–Crippen MR) is 74.7 cm³/mol. The van der Waals surface area contributed by atoms with Crippen molar-refractivity contribution in [2.75, 3.05) is 6.61 Å². The molecular weight excluding hydrogens is 257 g/mol. The maximum atomic E-state index is 13.0. The third-order valence-corrected chi connectivity index (χ3v) is 3.15. The van der Waals surface area contributed by atoms with Crippen LogP contribution in [0, 0.1) is 12.7 Å². The van der Waals surface area contributed by atoms with E-state index < -0.39 is 0 Å². The highest BCUT2D eigenvalue weighted by Gasteiger charge is 2.13. The monoisotopic (exact) mass is 271 g/mol. The fourth-order valence-corrected chi connectivity index (χ4v) is 2.24. The Labute approximate surface area is 115 Å². The van der Waals surface area contributed by atoms with E-state index in [9.17, 15) is 9.50 Å². The molecule has 0 amide bonds. The highest BCUT2D eigenvalue weighted by Crippen LogP contribution is 2.24. The number of rotatable bonds is 3. The van der Waals surface area contributed by atoms with Crippen molar-refractivity contribution in [1.82, 2.24) is 14.5 Å². The van der Waals surface area contributed by atoms with E-state index in [4.69, 9.17) is 0 Å². The number of imidazole rings is 1. The molecule has 0 aliphatic rings. The summed E-state index contributed by atoms with van der Waals surface area (Å²) in [6.07, 6.45) is 1.77. The van der Waals surface area contributed by atoms with Crippen molar-refractivity contribution < 1.29 is 9.50 Å². The Morgan fingerprint density at radius 3 is 2.70 bits per heavy atom. The second kappa shape index (κ2) is 5.02. The van der Waals surface area contributed by atoms with Crippen LogP contribution in [0.3, 0.4) is 0 Å². The summed E-state index contributed by atoms with van der Waals surface area (Å²) in [7, 11) is 0. The maximum Gasteiger partial charge on any atom is 0.160 e. The predicted octanol–water partition coefficient (Wildman–Crippen LogP) is 2.54. The van der Waals surface area contributed by atoms with Gasteiger partial charge in [0.15, 0.2) is 5.65 Å². The molecule has 0 fully saturated rings. The third kappa shape index (κ3) is 2.16. The second-order valence-electron chi connectivity index (χ2n) is 4.67. The van der Waals surface area contributed by atoms with Crippen molar-refractivity contribution >= 4 is 11.2 Å². The van der Waals surface area contributed by atoms with Gasteiger partial charge < -0.3 is 9.67 Å². The average molecular weight is 271 g/mol. The van der Waals surface area contributed by atoms with Crippen molar-refractivity contribution in [1.29, 1.82) is 0 Å². The first-order chi connectivity index (χ1) is 9.69. The minimum absolute atomic E-state index is 0.00475. The van der Waals surface area contributed by atoms with Crippen LogP contribution in [0.5, 0.6) is 0 Å². The van der Waals surface area contributed by atoms with Crippen LogP contribution in [0.4, 0.5) is 4.39 Å². The van der Waals surface area contributed by atoms with Gasteiger partial charge in [0, 0.05) is 18.3 Å². The van der Waals surface area contributed by atoms with E-state index in [1.165, 1.54) is 12.1 Å². The standard InChI is InChI=1S/C15H14FN3O/c1-10-8-13-15(17-9-10)19(6-7-20)14(18-13)11-2-4-12(16)5-3-11/h2-5,8-9,20H,6-7H2,1H3. The molecule has 0 unspecified atom stereocenters. The van der Waals surface area contributed by atoms with Crippen LogP contribution >= 0.6 is 0 Å². The summed E-state index contributed by atoms with van der Waals surface area (Å²) in [5.74, 6) is 0.402. The number of halogens is 1.